The molecule has 2 aromatic carbocycles. The molecule has 1 aliphatic rings. The number of anilines is 1. The van der Waals surface area contributed by atoms with E-state index in [1.165, 1.54) is 5.56 Å². The van der Waals surface area contributed by atoms with Gasteiger partial charge in [0, 0.05) is 48.9 Å². The monoisotopic (exact) mass is 433 g/mol. The first-order valence-electron chi connectivity index (χ1n) is 10.9. The normalized spacial score (nSPS) is 15.8. The maximum absolute atomic E-state index is 13.4. The third-order valence-corrected chi connectivity index (χ3v) is 5.99. The Bertz CT molecular complexity index is 1070. The molecule has 1 aromatic heterocycles. The van der Waals surface area contributed by atoms with E-state index in [1.54, 1.807) is 32.4 Å². The zero-order valence-corrected chi connectivity index (χ0v) is 19.4. The number of nitrogens with zero attached hydrogens (tertiary/aromatic N) is 2. The summed E-state index contributed by atoms with van der Waals surface area (Å²) < 4.78 is 12.9. The Morgan fingerprint density at radius 3 is 2.22 bits per heavy atom. The topological polar surface area (TPSA) is 55.7 Å². The van der Waals surface area contributed by atoms with Crippen LogP contribution in [0, 0.1) is 0 Å². The Balaban J connectivity index is 1.66. The van der Waals surface area contributed by atoms with Crippen molar-refractivity contribution in [1.29, 1.82) is 0 Å². The molecule has 32 heavy (non-hydrogen) atoms. The highest BCUT2D eigenvalue weighted by molar-refractivity contribution is 5.90. The fraction of sp³-hybridized carbons (Fsp3) is 0.346. The molecule has 0 aliphatic carbocycles. The summed E-state index contributed by atoms with van der Waals surface area (Å²) in [5.74, 6) is 1.25. The third kappa shape index (κ3) is 4.31. The van der Waals surface area contributed by atoms with Crippen molar-refractivity contribution in [3.05, 3.63) is 77.6 Å². The van der Waals surface area contributed by atoms with Crippen LogP contribution in [0.4, 0.5) is 10.5 Å². The van der Waals surface area contributed by atoms with E-state index < -0.39 is 0 Å². The number of fused-ring (bicyclic) bond motifs is 1. The molecule has 1 aliphatic heterocycles. The number of urea groups is 1. The molecule has 168 valence electrons. The summed E-state index contributed by atoms with van der Waals surface area (Å²) >= 11 is 0. The Labute approximate surface area is 189 Å². The van der Waals surface area contributed by atoms with Gasteiger partial charge in [0.1, 0.15) is 11.5 Å². The van der Waals surface area contributed by atoms with E-state index in [2.05, 4.69) is 67.2 Å². The maximum atomic E-state index is 13.4. The summed E-state index contributed by atoms with van der Waals surface area (Å²) in [5.41, 5.74) is 4.18. The molecule has 0 saturated heterocycles. The van der Waals surface area contributed by atoms with Gasteiger partial charge in [-0.15, -0.1) is 0 Å². The lowest BCUT2D eigenvalue weighted by Crippen LogP contribution is -2.44. The zero-order valence-electron chi connectivity index (χ0n) is 19.4. The smallest absolute Gasteiger partial charge is 0.322 e. The van der Waals surface area contributed by atoms with Gasteiger partial charge in [0.15, 0.2) is 0 Å². The number of hydrogen-bond acceptors (Lipinski definition) is 3. The summed E-state index contributed by atoms with van der Waals surface area (Å²) in [5, 5.41) is 3.04. The van der Waals surface area contributed by atoms with Crippen LogP contribution >= 0.6 is 0 Å². The van der Waals surface area contributed by atoms with E-state index in [4.69, 9.17) is 9.47 Å². The van der Waals surface area contributed by atoms with E-state index in [0.717, 1.165) is 17.8 Å². The van der Waals surface area contributed by atoms with Gasteiger partial charge in [0.2, 0.25) is 0 Å². The molecule has 0 unspecified atom stereocenters. The van der Waals surface area contributed by atoms with Gasteiger partial charge in [-0.25, -0.2) is 4.79 Å². The highest BCUT2D eigenvalue weighted by Gasteiger charge is 2.32. The lowest BCUT2D eigenvalue weighted by Gasteiger charge is -2.37. The third-order valence-electron chi connectivity index (χ3n) is 5.99. The fourth-order valence-electron chi connectivity index (χ4n) is 4.19. The minimum Gasteiger partial charge on any atom is -0.497 e. The number of carbonyl (C=O) groups is 1. The molecule has 0 radical (unpaired) electrons. The first-order valence-corrected chi connectivity index (χ1v) is 10.9. The van der Waals surface area contributed by atoms with Crippen LogP contribution in [0.5, 0.6) is 11.5 Å². The van der Waals surface area contributed by atoms with Gasteiger partial charge >= 0.3 is 6.03 Å². The van der Waals surface area contributed by atoms with Crippen LogP contribution in [0.25, 0.3) is 0 Å². The Morgan fingerprint density at radius 2 is 1.62 bits per heavy atom. The molecule has 3 aromatic rings. The van der Waals surface area contributed by atoms with Crippen molar-refractivity contribution in [3.63, 3.8) is 0 Å². The molecule has 2 heterocycles. The minimum absolute atomic E-state index is 0.0772. The number of nitrogens with one attached hydrogen (secondary N) is 1. The van der Waals surface area contributed by atoms with E-state index in [9.17, 15) is 4.79 Å². The average Bonchev–Trinajstić information content (AvgIpc) is 3.26. The zero-order chi connectivity index (χ0) is 22.9. The number of amides is 2. The number of ether oxygens (including phenoxy) is 2. The van der Waals surface area contributed by atoms with Gasteiger partial charge < -0.3 is 24.3 Å². The maximum Gasteiger partial charge on any atom is 0.322 e. The number of hydrogen-bond donors (Lipinski definition) is 1. The highest BCUT2D eigenvalue weighted by Crippen LogP contribution is 2.35. The minimum atomic E-state index is -0.166. The molecule has 6 nitrogen and oxygen atoms in total. The molecule has 2 amide bonds. The van der Waals surface area contributed by atoms with Gasteiger partial charge in [0.05, 0.1) is 20.3 Å². The molecule has 0 saturated carbocycles. The van der Waals surface area contributed by atoms with E-state index >= 15 is 0 Å². The summed E-state index contributed by atoms with van der Waals surface area (Å²) in [7, 11) is 3.19. The SMILES string of the molecule is COc1cc(NC(=O)N2CCn3cccc3[C@@H]2c2ccc(C(C)(C)C)cc2)cc(OC)c1. The van der Waals surface area contributed by atoms with Crippen LogP contribution in [-0.2, 0) is 12.0 Å². The number of carbonyl (C=O) groups excluding carboxylic acids is 1. The molecule has 0 fully saturated rings. The first-order chi connectivity index (χ1) is 15.3. The molecule has 0 bridgehead atoms. The van der Waals surface area contributed by atoms with Crippen LogP contribution in [0.1, 0.15) is 43.6 Å². The lowest BCUT2D eigenvalue weighted by molar-refractivity contribution is 0.182. The van der Waals surface area contributed by atoms with Gasteiger partial charge in [-0.2, -0.15) is 0 Å². The van der Waals surface area contributed by atoms with Crippen molar-refractivity contribution in [2.45, 2.75) is 38.8 Å². The van der Waals surface area contributed by atoms with E-state index in [0.29, 0.717) is 23.7 Å². The molecule has 4 rings (SSSR count). The largest absolute Gasteiger partial charge is 0.497 e. The summed E-state index contributed by atoms with van der Waals surface area (Å²) in [4.78, 5) is 15.3. The van der Waals surface area contributed by atoms with Gasteiger partial charge in [-0.3, -0.25) is 0 Å². The van der Waals surface area contributed by atoms with E-state index in [-0.39, 0.29) is 17.5 Å². The van der Waals surface area contributed by atoms with Crippen molar-refractivity contribution in [3.8, 4) is 11.5 Å². The lowest BCUT2D eigenvalue weighted by atomic mass is 9.86. The second-order valence-electron chi connectivity index (χ2n) is 9.13. The van der Waals surface area contributed by atoms with Crippen LogP contribution in [0.3, 0.4) is 0 Å². The molecule has 1 N–H and O–H groups in total. The predicted octanol–water partition coefficient (Wildman–Crippen LogP) is 5.44. The van der Waals surface area contributed by atoms with Crippen LogP contribution in [0.2, 0.25) is 0 Å². The van der Waals surface area contributed by atoms with Crippen molar-refractivity contribution in [2.24, 2.45) is 0 Å². The van der Waals surface area contributed by atoms with Gasteiger partial charge in [0.25, 0.3) is 0 Å². The van der Waals surface area contributed by atoms with Crippen molar-refractivity contribution in [1.82, 2.24) is 9.47 Å². The second kappa shape index (κ2) is 8.61. The number of methoxy groups -OCH3 is 2. The quantitative estimate of drug-likeness (QED) is 0.596. The molecule has 0 spiro atoms. The van der Waals surface area contributed by atoms with Crippen LogP contribution < -0.4 is 14.8 Å². The number of rotatable bonds is 4. The van der Waals surface area contributed by atoms with E-state index in [1.807, 2.05) is 11.0 Å². The predicted molar refractivity (Wildman–Crippen MR) is 127 cm³/mol. The molecular weight excluding hydrogens is 402 g/mol. The first kappa shape index (κ1) is 21.8. The number of aromatic nitrogens is 1. The number of benzene rings is 2. The fourth-order valence-corrected chi connectivity index (χ4v) is 4.19. The Morgan fingerprint density at radius 1 is 0.969 bits per heavy atom. The van der Waals surface area contributed by atoms with Crippen molar-refractivity contribution < 1.29 is 14.3 Å². The van der Waals surface area contributed by atoms with Crippen molar-refractivity contribution >= 4 is 11.7 Å². The van der Waals surface area contributed by atoms with Crippen molar-refractivity contribution in [2.75, 3.05) is 26.1 Å². The van der Waals surface area contributed by atoms with Gasteiger partial charge in [-0.05, 0) is 28.7 Å². The average molecular weight is 434 g/mol. The molecule has 1 atom stereocenters. The van der Waals surface area contributed by atoms with Crippen LogP contribution in [0.15, 0.2) is 60.8 Å². The highest BCUT2D eigenvalue weighted by atomic mass is 16.5. The summed E-state index contributed by atoms with van der Waals surface area (Å²) in [6.45, 7) is 7.98. The standard InChI is InChI=1S/C26H31N3O3/c1-26(2,3)19-10-8-18(9-11-19)24-23-7-6-12-28(23)13-14-29(24)25(30)27-20-15-21(31-4)17-22(16-20)32-5/h6-12,15-17,24H,13-14H2,1-5H3,(H,27,30)/t24-/m0/s1. The second-order valence-corrected chi connectivity index (χ2v) is 9.13. The molecule has 6 heteroatoms. The van der Waals surface area contributed by atoms with Crippen LogP contribution in [-0.4, -0.2) is 36.3 Å². The molecular formula is C26H31N3O3. The summed E-state index contributed by atoms with van der Waals surface area (Å²) in [6.07, 6.45) is 2.08. The van der Waals surface area contributed by atoms with Gasteiger partial charge in [-0.1, -0.05) is 45.0 Å². The Kier molecular flexibility index (Phi) is 5.87. The summed E-state index contributed by atoms with van der Waals surface area (Å²) in [6, 6.07) is 17.8. The Hall–Kier alpha value is -3.41.